The summed E-state index contributed by atoms with van der Waals surface area (Å²) in [5, 5.41) is 5.93. The molecule has 0 aromatic carbocycles. The van der Waals surface area contributed by atoms with Crippen molar-refractivity contribution in [2.24, 2.45) is 0 Å². The van der Waals surface area contributed by atoms with E-state index in [4.69, 9.17) is 4.74 Å². The SMILES string of the molecule is CCCCOC(=O)c1nnc(C(F)(F)F)c(C(=O)OCC)n1. The summed E-state index contributed by atoms with van der Waals surface area (Å²) in [7, 11) is 0. The highest BCUT2D eigenvalue weighted by atomic mass is 19.4. The second-order valence-corrected chi connectivity index (χ2v) is 4.04. The first-order chi connectivity index (χ1) is 10.3. The number of esters is 2. The molecule has 0 amide bonds. The van der Waals surface area contributed by atoms with Crippen LogP contribution >= 0.6 is 0 Å². The Morgan fingerprint density at radius 2 is 1.77 bits per heavy atom. The van der Waals surface area contributed by atoms with Gasteiger partial charge in [-0.1, -0.05) is 13.3 Å². The number of alkyl halides is 3. The van der Waals surface area contributed by atoms with E-state index in [1.54, 1.807) is 0 Å². The first-order valence-corrected chi connectivity index (χ1v) is 6.47. The van der Waals surface area contributed by atoms with Crippen LogP contribution in [0.1, 0.15) is 53.5 Å². The van der Waals surface area contributed by atoms with Crippen LogP contribution in [0.4, 0.5) is 13.2 Å². The van der Waals surface area contributed by atoms with Gasteiger partial charge in [0.15, 0.2) is 11.4 Å². The molecule has 0 aliphatic heterocycles. The van der Waals surface area contributed by atoms with Gasteiger partial charge < -0.3 is 9.47 Å². The molecule has 0 aliphatic carbocycles. The molecular weight excluding hydrogens is 307 g/mol. The lowest BCUT2D eigenvalue weighted by Crippen LogP contribution is -2.23. The zero-order valence-corrected chi connectivity index (χ0v) is 11.9. The van der Waals surface area contributed by atoms with E-state index < -0.39 is 35.3 Å². The van der Waals surface area contributed by atoms with Crippen molar-refractivity contribution in [3.8, 4) is 0 Å². The minimum atomic E-state index is -4.95. The van der Waals surface area contributed by atoms with Crippen LogP contribution in [-0.2, 0) is 15.7 Å². The predicted octanol–water partition coefficient (Wildman–Crippen LogP) is 2.02. The Morgan fingerprint density at radius 1 is 1.09 bits per heavy atom. The summed E-state index contributed by atoms with van der Waals surface area (Å²) in [6.45, 7) is 3.19. The molecule has 122 valence electrons. The highest BCUT2D eigenvalue weighted by molar-refractivity contribution is 5.91. The maximum Gasteiger partial charge on any atom is 0.437 e. The third-order valence-corrected chi connectivity index (χ3v) is 2.34. The van der Waals surface area contributed by atoms with Crippen LogP contribution < -0.4 is 0 Å². The fraction of sp³-hybridized carbons (Fsp3) is 0.583. The Balaban J connectivity index is 3.11. The normalized spacial score (nSPS) is 11.1. The van der Waals surface area contributed by atoms with Gasteiger partial charge in [0.25, 0.3) is 5.82 Å². The van der Waals surface area contributed by atoms with E-state index in [0.29, 0.717) is 6.42 Å². The number of hydrogen-bond donors (Lipinski definition) is 0. The molecule has 0 radical (unpaired) electrons. The fourth-order valence-electron chi connectivity index (χ4n) is 1.32. The molecule has 22 heavy (non-hydrogen) atoms. The van der Waals surface area contributed by atoms with E-state index >= 15 is 0 Å². The number of unbranched alkanes of at least 4 members (excludes halogenated alkanes) is 1. The van der Waals surface area contributed by atoms with Gasteiger partial charge in [0, 0.05) is 0 Å². The molecule has 1 heterocycles. The van der Waals surface area contributed by atoms with Gasteiger partial charge >= 0.3 is 18.1 Å². The monoisotopic (exact) mass is 321 g/mol. The van der Waals surface area contributed by atoms with Crippen LogP contribution in [-0.4, -0.2) is 40.3 Å². The molecule has 1 aromatic heterocycles. The summed E-state index contributed by atoms with van der Waals surface area (Å²) in [6.07, 6.45) is -3.62. The van der Waals surface area contributed by atoms with Crippen LogP contribution in [0.15, 0.2) is 0 Å². The zero-order chi connectivity index (χ0) is 16.8. The average molecular weight is 321 g/mol. The van der Waals surface area contributed by atoms with Crippen molar-refractivity contribution in [1.29, 1.82) is 0 Å². The third kappa shape index (κ3) is 4.64. The molecule has 0 spiro atoms. The number of rotatable bonds is 6. The van der Waals surface area contributed by atoms with Crippen molar-refractivity contribution in [3.63, 3.8) is 0 Å². The van der Waals surface area contributed by atoms with Gasteiger partial charge in [-0.15, -0.1) is 10.2 Å². The lowest BCUT2D eigenvalue weighted by Gasteiger charge is -2.10. The summed E-state index contributed by atoms with van der Waals surface area (Å²) >= 11 is 0. The molecule has 0 fully saturated rings. The number of ether oxygens (including phenoxy) is 2. The first kappa shape index (κ1) is 17.8. The Bertz CT molecular complexity index is 549. The molecule has 1 rings (SSSR count). The summed E-state index contributed by atoms with van der Waals surface area (Å²) < 4.78 is 47.5. The Kier molecular flexibility index (Phi) is 6.20. The van der Waals surface area contributed by atoms with Crippen molar-refractivity contribution >= 4 is 11.9 Å². The number of carbonyl (C=O) groups excluding carboxylic acids is 2. The molecular formula is C12H14F3N3O4. The maximum atomic E-state index is 12.8. The summed E-state index contributed by atoms with van der Waals surface area (Å²) in [6, 6.07) is 0. The van der Waals surface area contributed by atoms with E-state index in [1.807, 2.05) is 6.92 Å². The first-order valence-electron chi connectivity index (χ1n) is 6.47. The number of aromatic nitrogens is 3. The molecule has 0 unspecified atom stereocenters. The second kappa shape index (κ2) is 7.66. The van der Waals surface area contributed by atoms with Gasteiger partial charge in [-0.25, -0.2) is 14.6 Å². The van der Waals surface area contributed by atoms with E-state index in [2.05, 4.69) is 19.9 Å². The number of hydrogen-bond acceptors (Lipinski definition) is 7. The standard InChI is InChI=1S/C12H14F3N3O4/c1-3-5-6-22-11(20)9-16-7(10(19)21-4-2)8(17-18-9)12(13,14)15/h3-6H2,1-2H3. The molecule has 0 saturated carbocycles. The molecule has 0 bridgehead atoms. The summed E-state index contributed by atoms with van der Waals surface area (Å²) in [5.74, 6) is -3.13. The number of nitrogens with zero attached hydrogens (tertiary/aromatic N) is 3. The van der Waals surface area contributed by atoms with E-state index in [1.165, 1.54) is 6.92 Å². The Morgan fingerprint density at radius 3 is 2.32 bits per heavy atom. The van der Waals surface area contributed by atoms with Crippen LogP contribution in [0, 0.1) is 0 Å². The van der Waals surface area contributed by atoms with E-state index in [-0.39, 0.29) is 13.2 Å². The lowest BCUT2D eigenvalue weighted by atomic mass is 10.3. The van der Waals surface area contributed by atoms with Gasteiger partial charge in [-0.05, 0) is 13.3 Å². The Labute approximate surface area is 123 Å². The van der Waals surface area contributed by atoms with Gasteiger partial charge in [0.2, 0.25) is 0 Å². The lowest BCUT2D eigenvalue weighted by molar-refractivity contribution is -0.142. The topological polar surface area (TPSA) is 91.3 Å². The van der Waals surface area contributed by atoms with Crippen molar-refractivity contribution in [2.75, 3.05) is 13.2 Å². The Hall–Kier alpha value is -2.26. The molecule has 0 saturated heterocycles. The number of carbonyl (C=O) groups is 2. The smallest absolute Gasteiger partial charge is 0.437 e. The third-order valence-electron chi connectivity index (χ3n) is 2.34. The predicted molar refractivity (Wildman–Crippen MR) is 66.0 cm³/mol. The number of halogens is 3. The summed E-state index contributed by atoms with van der Waals surface area (Å²) in [5.41, 5.74) is -2.73. The second-order valence-electron chi connectivity index (χ2n) is 4.04. The highest BCUT2D eigenvalue weighted by Gasteiger charge is 2.40. The van der Waals surface area contributed by atoms with Crippen molar-refractivity contribution in [3.05, 3.63) is 17.2 Å². The quantitative estimate of drug-likeness (QED) is 0.584. The fourth-order valence-corrected chi connectivity index (χ4v) is 1.32. The largest absolute Gasteiger partial charge is 0.461 e. The van der Waals surface area contributed by atoms with Crippen molar-refractivity contribution in [2.45, 2.75) is 32.9 Å². The van der Waals surface area contributed by atoms with Crippen molar-refractivity contribution < 1.29 is 32.2 Å². The highest BCUT2D eigenvalue weighted by Crippen LogP contribution is 2.29. The van der Waals surface area contributed by atoms with Gasteiger partial charge in [0.05, 0.1) is 13.2 Å². The van der Waals surface area contributed by atoms with Crippen LogP contribution in [0.25, 0.3) is 0 Å². The maximum absolute atomic E-state index is 12.8. The van der Waals surface area contributed by atoms with Crippen LogP contribution in [0.3, 0.4) is 0 Å². The zero-order valence-electron chi connectivity index (χ0n) is 11.9. The van der Waals surface area contributed by atoms with Gasteiger partial charge in [-0.3, -0.25) is 0 Å². The minimum absolute atomic E-state index is 0.0639. The van der Waals surface area contributed by atoms with Crippen LogP contribution in [0.2, 0.25) is 0 Å². The van der Waals surface area contributed by atoms with Crippen molar-refractivity contribution in [1.82, 2.24) is 15.2 Å². The van der Waals surface area contributed by atoms with Crippen LogP contribution in [0.5, 0.6) is 0 Å². The molecule has 10 heteroatoms. The molecule has 0 N–H and O–H groups in total. The van der Waals surface area contributed by atoms with Gasteiger partial charge in [0.1, 0.15) is 0 Å². The average Bonchev–Trinajstić information content (AvgIpc) is 2.46. The molecule has 7 nitrogen and oxygen atoms in total. The molecule has 0 atom stereocenters. The van der Waals surface area contributed by atoms with E-state index in [0.717, 1.165) is 6.42 Å². The summed E-state index contributed by atoms with van der Waals surface area (Å²) in [4.78, 5) is 26.4. The molecule has 1 aromatic rings. The minimum Gasteiger partial charge on any atom is -0.461 e. The van der Waals surface area contributed by atoms with Gasteiger partial charge in [-0.2, -0.15) is 13.2 Å². The van der Waals surface area contributed by atoms with E-state index in [9.17, 15) is 22.8 Å². The molecule has 0 aliphatic rings.